The normalized spacial score (nSPS) is 33.7. The first kappa shape index (κ1) is 14.9. The molecule has 0 bridgehead atoms. The van der Waals surface area contributed by atoms with E-state index in [9.17, 15) is 20.1 Å². The van der Waals surface area contributed by atoms with Gasteiger partial charge in [0.1, 0.15) is 36.5 Å². The SMILES string of the molecule is O=Cc1ccc(O[C@H]2O[C@H](CO)[C@@H](O)[C@@H](O)[C@@H]2O)cc1. The van der Waals surface area contributed by atoms with E-state index in [0.717, 1.165) is 0 Å². The standard InChI is InChI=1S/C13H16O7/c14-5-7-1-3-8(4-2-7)19-13-12(18)11(17)10(16)9(6-15)20-13/h1-5,9-13,15-18H,6H2/t9-,10-,11-,12+,13+/m1/s1. The molecule has 110 valence electrons. The molecule has 0 unspecified atom stereocenters. The average molecular weight is 284 g/mol. The minimum Gasteiger partial charge on any atom is -0.462 e. The summed E-state index contributed by atoms with van der Waals surface area (Å²) in [5, 5.41) is 38.1. The predicted molar refractivity (Wildman–Crippen MR) is 66.2 cm³/mol. The molecule has 1 saturated heterocycles. The van der Waals surface area contributed by atoms with Crippen LogP contribution < -0.4 is 4.74 Å². The number of carbonyl (C=O) groups is 1. The van der Waals surface area contributed by atoms with E-state index in [4.69, 9.17) is 14.6 Å². The van der Waals surface area contributed by atoms with Crippen LogP contribution in [0.3, 0.4) is 0 Å². The largest absolute Gasteiger partial charge is 0.462 e. The van der Waals surface area contributed by atoms with Gasteiger partial charge < -0.3 is 29.9 Å². The molecule has 0 amide bonds. The summed E-state index contributed by atoms with van der Waals surface area (Å²) < 4.78 is 10.5. The molecule has 0 spiro atoms. The van der Waals surface area contributed by atoms with Crippen molar-refractivity contribution in [2.45, 2.75) is 30.7 Å². The first-order valence-corrected chi connectivity index (χ1v) is 6.09. The summed E-state index contributed by atoms with van der Waals surface area (Å²) in [7, 11) is 0. The highest BCUT2D eigenvalue weighted by atomic mass is 16.7. The van der Waals surface area contributed by atoms with Crippen LogP contribution in [0.4, 0.5) is 0 Å². The van der Waals surface area contributed by atoms with Crippen LogP contribution >= 0.6 is 0 Å². The summed E-state index contributed by atoms with van der Waals surface area (Å²) in [6, 6.07) is 6.05. The third-order valence-corrected chi connectivity index (χ3v) is 3.12. The summed E-state index contributed by atoms with van der Waals surface area (Å²) in [5.74, 6) is 0.319. The quantitative estimate of drug-likeness (QED) is 0.507. The summed E-state index contributed by atoms with van der Waals surface area (Å²) in [4.78, 5) is 10.5. The number of benzene rings is 1. The molecule has 7 heteroatoms. The fourth-order valence-electron chi connectivity index (χ4n) is 1.92. The Hall–Kier alpha value is -1.51. The van der Waals surface area contributed by atoms with Gasteiger partial charge in [-0.2, -0.15) is 0 Å². The highest BCUT2D eigenvalue weighted by Gasteiger charge is 2.44. The lowest BCUT2D eigenvalue weighted by molar-refractivity contribution is -0.277. The monoisotopic (exact) mass is 284 g/mol. The van der Waals surface area contributed by atoms with Gasteiger partial charge >= 0.3 is 0 Å². The van der Waals surface area contributed by atoms with Crippen molar-refractivity contribution in [2.24, 2.45) is 0 Å². The number of rotatable bonds is 4. The third-order valence-electron chi connectivity index (χ3n) is 3.12. The van der Waals surface area contributed by atoms with E-state index >= 15 is 0 Å². The second-order valence-corrected chi connectivity index (χ2v) is 4.50. The van der Waals surface area contributed by atoms with Crippen molar-refractivity contribution in [3.8, 4) is 5.75 Å². The van der Waals surface area contributed by atoms with E-state index in [-0.39, 0.29) is 0 Å². The van der Waals surface area contributed by atoms with Gasteiger partial charge in [-0.3, -0.25) is 4.79 Å². The van der Waals surface area contributed by atoms with Gasteiger partial charge in [-0.05, 0) is 24.3 Å². The van der Waals surface area contributed by atoms with Crippen molar-refractivity contribution in [3.63, 3.8) is 0 Å². The molecule has 1 aromatic rings. The molecule has 1 fully saturated rings. The molecule has 20 heavy (non-hydrogen) atoms. The Morgan fingerprint density at radius 2 is 1.75 bits per heavy atom. The third kappa shape index (κ3) is 2.97. The highest BCUT2D eigenvalue weighted by Crippen LogP contribution is 2.24. The molecular weight excluding hydrogens is 268 g/mol. The zero-order valence-corrected chi connectivity index (χ0v) is 10.5. The Bertz CT molecular complexity index is 445. The average Bonchev–Trinajstić information content (AvgIpc) is 2.48. The van der Waals surface area contributed by atoms with E-state index in [1.807, 2.05) is 0 Å². The van der Waals surface area contributed by atoms with Crippen molar-refractivity contribution in [1.82, 2.24) is 0 Å². The number of hydrogen-bond donors (Lipinski definition) is 4. The van der Waals surface area contributed by atoms with E-state index in [0.29, 0.717) is 17.6 Å². The van der Waals surface area contributed by atoms with E-state index in [1.54, 1.807) is 0 Å². The maximum atomic E-state index is 10.5. The Morgan fingerprint density at radius 1 is 1.10 bits per heavy atom. The van der Waals surface area contributed by atoms with Gasteiger partial charge in [0.25, 0.3) is 0 Å². The van der Waals surface area contributed by atoms with E-state index in [1.165, 1.54) is 24.3 Å². The van der Waals surface area contributed by atoms with Gasteiger partial charge in [-0.25, -0.2) is 0 Å². The lowest BCUT2D eigenvalue weighted by Gasteiger charge is -2.39. The molecule has 0 aliphatic carbocycles. The minimum atomic E-state index is -1.49. The fraction of sp³-hybridized carbons (Fsp3) is 0.462. The van der Waals surface area contributed by atoms with Crippen LogP contribution in [0.2, 0.25) is 0 Å². The smallest absolute Gasteiger partial charge is 0.229 e. The summed E-state index contributed by atoms with van der Waals surface area (Å²) in [6.07, 6.45) is -5.94. The minimum absolute atomic E-state index is 0.319. The number of ether oxygens (including phenoxy) is 2. The molecule has 1 aliphatic heterocycles. The summed E-state index contributed by atoms with van der Waals surface area (Å²) in [5.41, 5.74) is 0.464. The molecular formula is C13H16O7. The van der Waals surface area contributed by atoms with Crippen LogP contribution in [0.25, 0.3) is 0 Å². The topological polar surface area (TPSA) is 116 Å². The number of aliphatic hydroxyl groups excluding tert-OH is 4. The highest BCUT2D eigenvalue weighted by molar-refractivity contribution is 5.74. The van der Waals surface area contributed by atoms with Crippen LogP contribution in [-0.4, -0.2) is 64.0 Å². The molecule has 0 radical (unpaired) electrons. The van der Waals surface area contributed by atoms with Gasteiger partial charge in [0.2, 0.25) is 6.29 Å². The maximum Gasteiger partial charge on any atom is 0.229 e. The first-order valence-electron chi connectivity index (χ1n) is 6.09. The molecule has 1 heterocycles. The number of carbonyl (C=O) groups excluding carboxylic acids is 1. The second-order valence-electron chi connectivity index (χ2n) is 4.50. The van der Waals surface area contributed by atoms with Gasteiger partial charge in [-0.15, -0.1) is 0 Å². The van der Waals surface area contributed by atoms with Gasteiger partial charge in [0, 0.05) is 5.56 Å². The first-order chi connectivity index (χ1) is 9.56. The van der Waals surface area contributed by atoms with E-state index in [2.05, 4.69) is 0 Å². The van der Waals surface area contributed by atoms with Crippen molar-refractivity contribution in [3.05, 3.63) is 29.8 Å². The van der Waals surface area contributed by atoms with Crippen LogP contribution in [0.1, 0.15) is 10.4 Å². The molecule has 4 N–H and O–H groups in total. The lowest BCUT2D eigenvalue weighted by Crippen LogP contribution is -2.60. The number of aliphatic hydroxyl groups is 4. The summed E-state index contributed by atoms with van der Waals surface area (Å²) in [6.45, 7) is -0.519. The zero-order chi connectivity index (χ0) is 14.7. The predicted octanol–water partition coefficient (Wildman–Crippen LogP) is -1.32. The van der Waals surface area contributed by atoms with Crippen LogP contribution in [0, 0.1) is 0 Å². The van der Waals surface area contributed by atoms with Crippen molar-refractivity contribution in [1.29, 1.82) is 0 Å². The summed E-state index contributed by atoms with van der Waals surface area (Å²) >= 11 is 0. The maximum absolute atomic E-state index is 10.5. The molecule has 7 nitrogen and oxygen atoms in total. The second kappa shape index (κ2) is 6.29. The van der Waals surface area contributed by atoms with Crippen molar-refractivity contribution in [2.75, 3.05) is 6.61 Å². The Morgan fingerprint density at radius 3 is 2.30 bits per heavy atom. The molecule has 1 aromatic carbocycles. The van der Waals surface area contributed by atoms with Crippen LogP contribution in [0.15, 0.2) is 24.3 Å². The lowest BCUT2D eigenvalue weighted by atomic mass is 9.99. The molecule has 0 aromatic heterocycles. The van der Waals surface area contributed by atoms with Crippen LogP contribution in [-0.2, 0) is 4.74 Å². The van der Waals surface area contributed by atoms with Crippen molar-refractivity contribution < 1.29 is 34.7 Å². The molecule has 2 rings (SSSR count). The molecule has 5 atom stereocenters. The Kier molecular flexibility index (Phi) is 4.69. The van der Waals surface area contributed by atoms with Gasteiger partial charge in [0.05, 0.1) is 6.61 Å². The van der Waals surface area contributed by atoms with Gasteiger partial charge in [-0.1, -0.05) is 0 Å². The Labute approximate surface area is 115 Å². The number of hydrogen-bond acceptors (Lipinski definition) is 7. The van der Waals surface area contributed by atoms with E-state index < -0.39 is 37.3 Å². The van der Waals surface area contributed by atoms with Gasteiger partial charge in [0.15, 0.2) is 0 Å². The zero-order valence-electron chi connectivity index (χ0n) is 10.5. The van der Waals surface area contributed by atoms with Crippen LogP contribution in [0.5, 0.6) is 5.75 Å². The van der Waals surface area contributed by atoms with Crippen molar-refractivity contribution >= 4 is 6.29 Å². The molecule has 0 saturated carbocycles. The Balaban J connectivity index is 2.08. The molecule has 1 aliphatic rings. The number of aldehydes is 1. The fourth-order valence-corrected chi connectivity index (χ4v) is 1.92.